The van der Waals surface area contributed by atoms with Gasteiger partial charge in [-0.25, -0.2) is 0 Å². The summed E-state index contributed by atoms with van der Waals surface area (Å²) < 4.78 is 0.736. The third-order valence-corrected chi connectivity index (χ3v) is 4.03. The van der Waals surface area contributed by atoms with E-state index >= 15 is 0 Å². The van der Waals surface area contributed by atoms with Gasteiger partial charge in [0.25, 0.3) is 0 Å². The van der Waals surface area contributed by atoms with Gasteiger partial charge < -0.3 is 10.4 Å². The van der Waals surface area contributed by atoms with Crippen molar-refractivity contribution in [3.8, 4) is 0 Å². The van der Waals surface area contributed by atoms with Crippen LogP contribution in [-0.2, 0) is 16.0 Å². The van der Waals surface area contributed by atoms with Crippen LogP contribution in [0, 0.1) is 11.8 Å². The molecule has 1 amide bonds. The van der Waals surface area contributed by atoms with Crippen LogP contribution in [0.25, 0.3) is 0 Å². The van der Waals surface area contributed by atoms with Crippen molar-refractivity contribution in [2.24, 2.45) is 11.8 Å². The molecule has 17 heavy (non-hydrogen) atoms. The Morgan fingerprint density at radius 1 is 1.47 bits per heavy atom. The maximum atomic E-state index is 11.5. The molecule has 2 atom stereocenters. The predicted molar refractivity (Wildman–Crippen MR) is 65.3 cm³/mol. The van der Waals surface area contributed by atoms with E-state index < -0.39 is 11.9 Å². The standard InChI is InChI=1S/C11H12ClNO3S/c12-9-2-1-6(17-9)3-4-13-10(14)7-5-8(7)11(15)16/h1-2,7-8H,3-5H2,(H,13,14)(H,15,16)/t7-,8+/m1/s1. The maximum absolute atomic E-state index is 11.5. The van der Waals surface area contributed by atoms with Crippen molar-refractivity contribution in [2.75, 3.05) is 6.54 Å². The number of hydrogen-bond acceptors (Lipinski definition) is 3. The monoisotopic (exact) mass is 273 g/mol. The molecule has 0 radical (unpaired) electrons. The number of carboxylic acids is 1. The van der Waals surface area contributed by atoms with Gasteiger partial charge in [-0.3, -0.25) is 9.59 Å². The molecule has 1 heterocycles. The van der Waals surface area contributed by atoms with Gasteiger partial charge in [0.15, 0.2) is 0 Å². The smallest absolute Gasteiger partial charge is 0.307 e. The Morgan fingerprint density at radius 2 is 2.24 bits per heavy atom. The van der Waals surface area contributed by atoms with Gasteiger partial charge in [-0.2, -0.15) is 0 Å². The van der Waals surface area contributed by atoms with Crippen molar-refractivity contribution in [2.45, 2.75) is 12.8 Å². The van der Waals surface area contributed by atoms with Crippen LogP contribution in [0.3, 0.4) is 0 Å². The summed E-state index contributed by atoms with van der Waals surface area (Å²) in [4.78, 5) is 23.2. The van der Waals surface area contributed by atoms with E-state index in [-0.39, 0.29) is 11.8 Å². The van der Waals surface area contributed by atoms with Crippen LogP contribution in [-0.4, -0.2) is 23.5 Å². The van der Waals surface area contributed by atoms with E-state index in [4.69, 9.17) is 16.7 Å². The summed E-state index contributed by atoms with van der Waals surface area (Å²) in [5, 5.41) is 11.4. The van der Waals surface area contributed by atoms with E-state index in [2.05, 4.69) is 5.32 Å². The van der Waals surface area contributed by atoms with E-state index in [0.29, 0.717) is 13.0 Å². The fourth-order valence-electron chi connectivity index (χ4n) is 1.68. The second kappa shape index (κ2) is 5.06. The largest absolute Gasteiger partial charge is 0.481 e. The number of carbonyl (C=O) groups excluding carboxylic acids is 1. The van der Waals surface area contributed by atoms with E-state index in [1.165, 1.54) is 11.3 Å². The summed E-state index contributed by atoms with van der Waals surface area (Å²) >= 11 is 7.27. The van der Waals surface area contributed by atoms with Gasteiger partial charge >= 0.3 is 5.97 Å². The average molecular weight is 274 g/mol. The van der Waals surface area contributed by atoms with Crippen LogP contribution in [0.4, 0.5) is 0 Å². The lowest BCUT2D eigenvalue weighted by Gasteiger charge is -2.02. The molecule has 0 spiro atoms. The summed E-state index contributed by atoms with van der Waals surface area (Å²) in [5.41, 5.74) is 0. The van der Waals surface area contributed by atoms with Crippen molar-refractivity contribution < 1.29 is 14.7 Å². The fourth-order valence-corrected chi connectivity index (χ4v) is 2.77. The number of hydrogen-bond donors (Lipinski definition) is 2. The van der Waals surface area contributed by atoms with Gasteiger partial charge in [0.1, 0.15) is 0 Å². The summed E-state index contributed by atoms with van der Waals surface area (Å²) in [6.45, 7) is 0.526. The Morgan fingerprint density at radius 3 is 2.76 bits per heavy atom. The van der Waals surface area contributed by atoms with Gasteiger partial charge in [-0.15, -0.1) is 11.3 Å². The first kappa shape index (κ1) is 12.4. The van der Waals surface area contributed by atoms with Crippen LogP contribution in [0.15, 0.2) is 12.1 Å². The molecule has 0 saturated heterocycles. The van der Waals surface area contributed by atoms with E-state index in [9.17, 15) is 9.59 Å². The number of rotatable bonds is 5. The number of nitrogens with one attached hydrogen (secondary N) is 1. The Hall–Kier alpha value is -1.07. The molecule has 0 aliphatic heterocycles. The highest BCUT2D eigenvalue weighted by Gasteiger charge is 2.48. The number of thiophene rings is 1. The lowest BCUT2D eigenvalue weighted by Crippen LogP contribution is -2.28. The van der Waals surface area contributed by atoms with Crippen LogP contribution in [0.1, 0.15) is 11.3 Å². The highest BCUT2D eigenvalue weighted by atomic mass is 35.5. The van der Waals surface area contributed by atoms with Crippen LogP contribution in [0.5, 0.6) is 0 Å². The van der Waals surface area contributed by atoms with E-state index in [1.54, 1.807) is 0 Å². The van der Waals surface area contributed by atoms with Gasteiger partial charge in [0.2, 0.25) is 5.91 Å². The Balaban J connectivity index is 1.69. The van der Waals surface area contributed by atoms with Crippen molar-refractivity contribution >= 4 is 34.8 Å². The molecule has 0 bridgehead atoms. The molecule has 1 fully saturated rings. The van der Waals surface area contributed by atoms with Crippen LogP contribution < -0.4 is 5.32 Å². The zero-order valence-electron chi connectivity index (χ0n) is 8.98. The Bertz CT molecular complexity index is 446. The van der Waals surface area contributed by atoms with Gasteiger partial charge in [0.05, 0.1) is 16.2 Å². The molecule has 1 aliphatic rings. The lowest BCUT2D eigenvalue weighted by atomic mass is 10.3. The molecule has 1 aromatic rings. The van der Waals surface area contributed by atoms with E-state index in [1.807, 2.05) is 12.1 Å². The normalized spacial score (nSPS) is 22.2. The van der Waals surface area contributed by atoms with Gasteiger partial charge in [-0.05, 0) is 25.0 Å². The first-order valence-electron chi connectivity index (χ1n) is 5.32. The van der Waals surface area contributed by atoms with Crippen molar-refractivity contribution in [3.05, 3.63) is 21.3 Å². The molecular weight excluding hydrogens is 262 g/mol. The average Bonchev–Trinajstić information content (AvgIpc) is 2.97. The van der Waals surface area contributed by atoms with Gasteiger partial charge in [-0.1, -0.05) is 11.6 Å². The Labute approximate surface area is 108 Å². The maximum Gasteiger partial charge on any atom is 0.307 e. The molecule has 2 N–H and O–H groups in total. The summed E-state index contributed by atoms with van der Waals surface area (Å²) in [5.74, 6) is -1.85. The minimum Gasteiger partial charge on any atom is -0.481 e. The van der Waals surface area contributed by atoms with Gasteiger partial charge in [0, 0.05) is 11.4 Å². The summed E-state index contributed by atoms with van der Waals surface area (Å²) in [6, 6.07) is 3.75. The van der Waals surface area contributed by atoms with Crippen molar-refractivity contribution in [3.63, 3.8) is 0 Å². The number of aliphatic carboxylic acids is 1. The summed E-state index contributed by atoms with van der Waals surface area (Å²) in [7, 11) is 0. The van der Waals surface area contributed by atoms with Crippen molar-refractivity contribution in [1.29, 1.82) is 0 Å². The molecule has 1 saturated carbocycles. The zero-order valence-corrected chi connectivity index (χ0v) is 10.6. The number of halogens is 1. The highest BCUT2D eigenvalue weighted by Crippen LogP contribution is 2.38. The van der Waals surface area contributed by atoms with Crippen molar-refractivity contribution in [1.82, 2.24) is 5.32 Å². The molecule has 1 aromatic heterocycles. The molecular formula is C11H12ClNO3S. The predicted octanol–water partition coefficient (Wildman–Crippen LogP) is 1.78. The first-order chi connectivity index (χ1) is 8.08. The number of carboxylic acid groups (broad SMARTS) is 1. The molecule has 2 rings (SSSR count). The molecule has 4 nitrogen and oxygen atoms in total. The third-order valence-electron chi connectivity index (χ3n) is 2.74. The Kier molecular flexibility index (Phi) is 3.69. The number of amides is 1. The zero-order chi connectivity index (χ0) is 12.4. The fraction of sp³-hybridized carbons (Fsp3) is 0.455. The number of carbonyl (C=O) groups is 2. The quantitative estimate of drug-likeness (QED) is 0.859. The van der Waals surface area contributed by atoms with E-state index in [0.717, 1.165) is 15.6 Å². The lowest BCUT2D eigenvalue weighted by molar-refractivity contribution is -0.140. The first-order valence-corrected chi connectivity index (χ1v) is 6.52. The minimum atomic E-state index is -0.879. The second-order valence-corrected chi connectivity index (χ2v) is 5.83. The minimum absolute atomic E-state index is 0.153. The summed E-state index contributed by atoms with van der Waals surface area (Å²) in [6.07, 6.45) is 1.19. The highest BCUT2D eigenvalue weighted by molar-refractivity contribution is 7.16. The molecule has 92 valence electrons. The van der Waals surface area contributed by atoms with Crippen LogP contribution >= 0.6 is 22.9 Å². The molecule has 0 aromatic carbocycles. The molecule has 6 heteroatoms. The van der Waals surface area contributed by atoms with Crippen LogP contribution in [0.2, 0.25) is 4.34 Å². The molecule has 0 unspecified atom stereocenters. The third kappa shape index (κ3) is 3.20. The molecule has 1 aliphatic carbocycles. The SMILES string of the molecule is O=C(O)[C@H]1C[C@H]1C(=O)NCCc1ccc(Cl)s1. The second-order valence-electron chi connectivity index (χ2n) is 4.03. The topological polar surface area (TPSA) is 66.4 Å².